The highest BCUT2D eigenvalue weighted by Crippen LogP contribution is 2.56. The first kappa shape index (κ1) is 29.7. The molecule has 0 spiro atoms. The number of benzene rings is 3. The van der Waals surface area contributed by atoms with Crippen molar-refractivity contribution in [2.75, 3.05) is 0 Å². The van der Waals surface area contributed by atoms with E-state index < -0.39 is 116 Å². The topological polar surface area (TPSA) is 86.7 Å². The summed E-state index contributed by atoms with van der Waals surface area (Å²) >= 11 is 0. The van der Waals surface area contributed by atoms with Crippen molar-refractivity contribution in [2.24, 2.45) is 0 Å². The van der Waals surface area contributed by atoms with Crippen LogP contribution in [-0.4, -0.2) is 30.1 Å². The summed E-state index contributed by atoms with van der Waals surface area (Å²) in [6.07, 6.45) is -17.7. The zero-order valence-corrected chi connectivity index (χ0v) is 20.1. The number of fused-ring (bicyclic) bond motifs is 2. The van der Waals surface area contributed by atoms with Gasteiger partial charge in [-0.2, -0.15) is 39.5 Å². The minimum Gasteiger partial charge on any atom is -0.386 e. The predicted octanol–water partition coefficient (Wildman–Crippen LogP) is 6.52. The predicted molar refractivity (Wildman–Crippen MR) is 115 cm³/mol. The molecule has 43 heavy (non-hydrogen) atoms. The van der Waals surface area contributed by atoms with Crippen molar-refractivity contribution in [3.8, 4) is 0 Å². The van der Waals surface area contributed by atoms with E-state index in [2.05, 4.69) is 9.47 Å². The quantitative estimate of drug-likeness (QED) is 0.143. The molecule has 0 saturated heterocycles. The van der Waals surface area contributed by atoms with Crippen LogP contribution in [0.2, 0.25) is 0 Å². The fourth-order valence-corrected chi connectivity index (χ4v) is 5.00. The summed E-state index contributed by atoms with van der Waals surface area (Å²) in [6, 6.07) is -1.14. The van der Waals surface area contributed by atoms with Gasteiger partial charge in [-0.3, -0.25) is 0 Å². The minimum absolute atomic E-state index is 0.103. The first-order valence-corrected chi connectivity index (χ1v) is 11.3. The SMILES string of the molecule is O=C1OC(=O)c2c(F)cc(C(c3cc(F)c4c(c3)C(=O)OC4=O)(c3ccc(C(F)(F)F)cc3C(F)(F)F)C(F)(F)F)cc21. The molecule has 0 aliphatic carbocycles. The number of hydrogen-bond acceptors (Lipinski definition) is 6. The number of esters is 4. The summed E-state index contributed by atoms with van der Waals surface area (Å²) in [6.45, 7) is 0. The lowest BCUT2D eigenvalue weighted by atomic mass is 9.66. The molecule has 3 aromatic rings. The molecule has 0 saturated carbocycles. The zero-order valence-electron chi connectivity index (χ0n) is 20.1. The molecule has 17 heteroatoms. The zero-order chi connectivity index (χ0) is 32.0. The van der Waals surface area contributed by atoms with Gasteiger partial charge in [-0.05, 0) is 53.1 Å². The van der Waals surface area contributed by atoms with Gasteiger partial charge >= 0.3 is 42.4 Å². The Balaban J connectivity index is 2.02. The minimum atomic E-state index is -6.17. The number of halogens is 11. The molecule has 2 heterocycles. The molecule has 2 aliphatic rings. The van der Waals surface area contributed by atoms with Gasteiger partial charge in [-0.25, -0.2) is 28.0 Å². The van der Waals surface area contributed by atoms with Gasteiger partial charge in [-0.1, -0.05) is 6.07 Å². The van der Waals surface area contributed by atoms with Crippen molar-refractivity contribution >= 4 is 23.9 Å². The van der Waals surface area contributed by atoms with Crippen LogP contribution in [0.15, 0.2) is 42.5 Å². The Bertz CT molecular complexity index is 1700. The van der Waals surface area contributed by atoms with Gasteiger partial charge in [0.25, 0.3) is 0 Å². The van der Waals surface area contributed by atoms with Crippen LogP contribution in [0.3, 0.4) is 0 Å². The number of rotatable bonds is 3. The van der Waals surface area contributed by atoms with Crippen molar-refractivity contribution in [2.45, 2.75) is 23.9 Å². The fraction of sp³-hybridized carbons (Fsp3) is 0.154. The van der Waals surface area contributed by atoms with E-state index >= 15 is 22.0 Å². The number of ether oxygens (including phenoxy) is 2. The van der Waals surface area contributed by atoms with E-state index in [0.717, 1.165) is 0 Å². The lowest BCUT2D eigenvalue weighted by molar-refractivity contribution is -0.170. The molecule has 5 rings (SSSR count). The third kappa shape index (κ3) is 4.32. The Hall–Kier alpha value is -4.83. The van der Waals surface area contributed by atoms with E-state index in [1.807, 2.05) is 0 Å². The standard InChI is InChI=1S/C26H7F11O6/c27-15-6-9(3-11-17(15)21(40)42-19(11)38)23(26(35,36)37,10-4-12-18(16(28)7-10)22(41)43-20(12)39)13-2-1-8(24(29,30)31)5-14(13)25(32,33)34/h1-7H. The maximum Gasteiger partial charge on any atom is 0.416 e. The normalized spacial score (nSPS) is 15.4. The van der Waals surface area contributed by atoms with E-state index in [1.165, 1.54) is 0 Å². The first-order valence-electron chi connectivity index (χ1n) is 11.3. The number of carbonyl (C=O) groups is 4. The Morgan fingerprint density at radius 3 is 1.30 bits per heavy atom. The Morgan fingerprint density at radius 1 is 0.488 bits per heavy atom. The molecule has 6 nitrogen and oxygen atoms in total. The average Bonchev–Trinajstić information content (AvgIpc) is 3.31. The number of alkyl halides is 9. The van der Waals surface area contributed by atoms with Crippen LogP contribution in [0.4, 0.5) is 48.3 Å². The summed E-state index contributed by atoms with van der Waals surface area (Å²) in [5.41, 5.74) is -19.4. The van der Waals surface area contributed by atoms with Crippen LogP contribution in [0.1, 0.15) is 69.2 Å². The van der Waals surface area contributed by atoms with Gasteiger partial charge in [-0.15, -0.1) is 0 Å². The summed E-state index contributed by atoms with van der Waals surface area (Å²) in [5.74, 6) is -10.6. The van der Waals surface area contributed by atoms with Gasteiger partial charge in [0.2, 0.25) is 0 Å². The van der Waals surface area contributed by atoms with Crippen molar-refractivity contribution in [1.29, 1.82) is 0 Å². The average molecular weight is 624 g/mol. The summed E-state index contributed by atoms with van der Waals surface area (Å²) in [5, 5.41) is 0. The summed E-state index contributed by atoms with van der Waals surface area (Å²) < 4.78 is 168. The lowest BCUT2D eigenvalue weighted by Gasteiger charge is -2.39. The summed E-state index contributed by atoms with van der Waals surface area (Å²) in [7, 11) is 0. The molecule has 0 aromatic heterocycles. The maximum absolute atomic E-state index is 15.4. The fourth-order valence-electron chi connectivity index (χ4n) is 5.00. The number of carbonyl (C=O) groups excluding carboxylic acids is 4. The molecule has 0 fully saturated rings. The Labute approximate surface area is 229 Å². The molecule has 0 radical (unpaired) electrons. The van der Waals surface area contributed by atoms with Crippen LogP contribution in [0.25, 0.3) is 0 Å². The molecule has 0 amide bonds. The molecule has 0 N–H and O–H groups in total. The molecule has 3 aromatic carbocycles. The Morgan fingerprint density at radius 2 is 0.930 bits per heavy atom. The molecule has 0 bridgehead atoms. The number of hydrogen-bond donors (Lipinski definition) is 0. The molecule has 2 aliphatic heterocycles. The van der Waals surface area contributed by atoms with Gasteiger partial charge < -0.3 is 9.47 Å². The summed E-state index contributed by atoms with van der Waals surface area (Å²) in [4.78, 5) is 48.0. The van der Waals surface area contributed by atoms with Crippen LogP contribution in [0.5, 0.6) is 0 Å². The highest BCUT2D eigenvalue weighted by Gasteiger charge is 2.62. The van der Waals surface area contributed by atoms with Crippen molar-refractivity contribution in [3.63, 3.8) is 0 Å². The third-order valence-corrected chi connectivity index (χ3v) is 6.75. The van der Waals surface area contributed by atoms with E-state index in [-0.39, 0.29) is 36.4 Å². The monoisotopic (exact) mass is 624 g/mol. The number of cyclic esters (lactones) is 4. The highest BCUT2D eigenvalue weighted by atomic mass is 19.4. The van der Waals surface area contributed by atoms with Gasteiger partial charge in [0.15, 0.2) is 0 Å². The van der Waals surface area contributed by atoms with Crippen molar-refractivity contribution in [3.05, 3.63) is 104 Å². The van der Waals surface area contributed by atoms with E-state index in [1.54, 1.807) is 0 Å². The second-order valence-electron chi connectivity index (χ2n) is 9.12. The molecule has 224 valence electrons. The van der Waals surface area contributed by atoms with Crippen LogP contribution >= 0.6 is 0 Å². The van der Waals surface area contributed by atoms with E-state index in [9.17, 15) is 45.5 Å². The molecular weight excluding hydrogens is 617 g/mol. The van der Waals surface area contributed by atoms with Gasteiger partial charge in [0, 0.05) is 0 Å². The van der Waals surface area contributed by atoms with Gasteiger partial charge in [0.05, 0.1) is 22.3 Å². The first-order chi connectivity index (χ1) is 19.7. The van der Waals surface area contributed by atoms with Crippen molar-refractivity contribution in [1.82, 2.24) is 0 Å². The second kappa shape index (κ2) is 9.08. The third-order valence-electron chi connectivity index (χ3n) is 6.75. The smallest absolute Gasteiger partial charge is 0.386 e. The van der Waals surface area contributed by atoms with Crippen molar-refractivity contribution < 1.29 is 76.9 Å². The second-order valence-corrected chi connectivity index (χ2v) is 9.12. The van der Waals surface area contributed by atoms with Crippen LogP contribution in [-0.2, 0) is 27.2 Å². The Kier molecular flexibility index (Phi) is 6.26. The largest absolute Gasteiger partial charge is 0.416 e. The molecular formula is C26H7F11O6. The highest BCUT2D eigenvalue weighted by molar-refractivity contribution is 6.15. The van der Waals surface area contributed by atoms with E-state index in [4.69, 9.17) is 0 Å². The van der Waals surface area contributed by atoms with Crippen LogP contribution < -0.4 is 0 Å². The maximum atomic E-state index is 15.4. The molecule has 0 atom stereocenters. The lowest BCUT2D eigenvalue weighted by Crippen LogP contribution is -2.46. The van der Waals surface area contributed by atoms with Gasteiger partial charge in [0.1, 0.15) is 28.2 Å². The molecule has 0 unspecified atom stereocenters. The van der Waals surface area contributed by atoms with Crippen LogP contribution in [0, 0.1) is 11.6 Å². The van der Waals surface area contributed by atoms with E-state index in [0.29, 0.717) is 0 Å².